The van der Waals surface area contributed by atoms with Crippen molar-refractivity contribution in [2.24, 2.45) is 0 Å². The van der Waals surface area contributed by atoms with E-state index in [-0.39, 0.29) is 0 Å². The van der Waals surface area contributed by atoms with Crippen molar-refractivity contribution >= 4 is 20.7 Å². The summed E-state index contributed by atoms with van der Waals surface area (Å²) >= 11 is 0. The van der Waals surface area contributed by atoms with Gasteiger partial charge in [0.2, 0.25) is 0 Å². The predicted octanol–water partition coefficient (Wildman–Crippen LogP) is 4.55. The average Bonchev–Trinajstić information content (AvgIpc) is 1.82. The van der Waals surface area contributed by atoms with Crippen LogP contribution in [0.25, 0.3) is 0 Å². The molecule has 0 N–H and O–H groups in total. The molecule has 0 fully saturated rings. The fraction of sp³-hybridized carbons (Fsp3) is 0.818. The van der Waals surface area contributed by atoms with E-state index in [4.69, 9.17) is 0 Å². The third-order valence-corrected chi connectivity index (χ3v) is 6.56. The molecule has 1 aliphatic rings. The molecule has 74 valence electrons. The summed E-state index contributed by atoms with van der Waals surface area (Å²) in [5.41, 5.74) is 0.915. The predicted molar refractivity (Wildman–Crippen MR) is 62.1 cm³/mol. The minimum atomic E-state index is 0.457. The van der Waals surface area contributed by atoms with Crippen molar-refractivity contribution in [1.29, 1.82) is 0 Å². The van der Waals surface area contributed by atoms with Gasteiger partial charge in [-0.2, -0.15) is 0 Å². The normalized spacial score (nSPS) is 25.2. The van der Waals surface area contributed by atoms with Crippen molar-refractivity contribution in [3.05, 3.63) is 9.75 Å². The maximum atomic E-state index is 2.40. The molecular weight excluding hydrogens is 196 g/mol. The first-order valence-corrected chi connectivity index (χ1v) is 7.18. The van der Waals surface area contributed by atoms with E-state index in [0.29, 0.717) is 10.8 Å². The van der Waals surface area contributed by atoms with Gasteiger partial charge in [0.25, 0.3) is 0 Å². The lowest BCUT2D eigenvalue weighted by Crippen LogP contribution is -2.21. The molecule has 1 aromatic rings. The lowest BCUT2D eigenvalue weighted by molar-refractivity contribution is 0.437. The summed E-state index contributed by atoms with van der Waals surface area (Å²) in [5, 5.41) is 0. The van der Waals surface area contributed by atoms with Crippen LogP contribution < -0.4 is 0 Å². The Morgan fingerprint density at radius 3 is 1.54 bits per heavy atom. The molecule has 13 heavy (non-hydrogen) atoms. The molecule has 0 saturated carbocycles. The molecule has 0 bridgehead atoms. The quantitative estimate of drug-likeness (QED) is 0.439. The lowest BCUT2D eigenvalue weighted by Gasteiger charge is -2.30. The van der Waals surface area contributed by atoms with Gasteiger partial charge >= 0.3 is 0 Å². The second-order valence-corrected chi connectivity index (χ2v) is 7.60. The molecule has 0 unspecified atom stereocenters. The fourth-order valence-electron chi connectivity index (χ4n) is 2.16. The maximum absolute atomic E-state index is 2.40. The molecule has 0 atom stereocenters. The SMILES string of the molecule is CC1(C)CCCC(C)(C)c2ssc21. The molecule has 2 heteroatoms. The van der Waals surface area contributed by atoms with Crippen LogP contribution in [0.5, 0.6) is 0 Å². The number of rotatable bonds is 0. The molecule has 0 spiro atoms. The molecule has 0 aromatic carbocycles. The minimum Gasteiger partial charge on any atom is -0.0831 e. The van der Waals surface area contributed by atoms with Gasteiger partial charge in [-0.05, 0) is 12.8 Å². The Bertz CT molecular complexity index is 272. The monoisotopic (exact) mass is 214 g/mol. The zero-order valence-corrected chi connectivity index (χ0v) is 10.6. The third kappa shape index (κ3) is 1.48. The first-order chi connectivity index (χ1) is 5.93. The highest BCUT2D eigenvalue weighted by Gasteiger charge is 2.37. The smallest absolute Gasteiger partial charge is 0.0353 e. The molecule has 1 aromatic heterocycles. The zero-order chi connectivity index (χ0) is 9.69. The Labute approximate surface area is 88.4 Å². The average molecular weight is 214 g/mol. The van der Waals surface area contributed by atoms with Crippen molar-refractivity contribution < 1.29 is 0 Å². The van der Waals surface area contributed by atoms with Gasteiger partial charge in [0, 0.05) is 20.6 Å². The van der Waals surface area contributed by atoms with Crippen molar-refractivity contribution in [1.82, 2.24) is 0 Å². The van der Waals surface area contributed by atoms with Crippen molar-refractivity contribution in [2.45, 2.75) is 57.8 Å². The minimum absolute atomic E-state index is 0.457. The van der Waals surface area contributed by atoms with Crippen molar-refractivity contribution in [3.8, 4) is 0 Å². The van der Waals surface area contributed by atoms with Crippen LogP contribution >= 0.6 is 20.7 Å². The molecule has 0 amide bonds. The summed E-state index contributed by atoms with van der Waals surface area (Å²) in [5.74, 6) is 0. The van der Waals surface area contributed by atoms with E-state index in [1.54, 1.807) is 9.75 Å². The van der Waals surface area contributed by atoms with Gasteiger partial charge in [-0.25, -0.2) is 0 Å². The van der Waals surface area contributed by atoms with Crippen LogP contribution in [0.3, 0.4) is 0 Å². The maximum Gasteiger partial charge on any atom is 0.0353 e. The highest BCUT2D eigenvalue weighted by molar-refractivity contribution is 7.72. The summed E-state index contributed by atoms with van der Waals surface area (Å²) in [6.45, 7) is 9.60. The molecule has 0 saturated heterocycles. The summed E-state index contributed by atoms with van der Waals surface area (Å²) < 4.78 is 0. The van der Waals surface area contributed by atoms with E-state index in [0.717, 1.165) is 0 Å². The van der Waals surface area contributed by atoms with E-state index in [9.17, 15) is 0 Å². The second-order valence-electron chi connectivity index (χ2n) is 5.45. The van der Waals surface area contributed by atoms with E-state index in [1.165, 1.54) is 19.3 Å². The molecular formula is C11H18S2. The Balaban J connectivity index is 2.42. The highest BCUT2D eigenvalue weighted by atomic mass is 32.9. The van der Waals surface area contributed by atoms with Gasteiger partial charge in [0.05, 0.1) is 0 Å². The summed E-state index contributed by atoms with van der Waals surface area (Å²) in [6.07, 6.45) is 4.11. The lowest BCUT2D eigenvalue weighted by atomic mass is 9.86. The number of hydrogen-bond acceptors (Lipinski definition) is 2. The van der Waals surface area contributed by atoms with Crippen molar-refractivity contribution in [3.63, 3.8) is 0 Å². The highest BCUT2D eigenvalue weighted by Crippen LogP contribution is 2.51. The Kier molecular flexibility index (Phi) is 2.12. The summed E-state index contributed by atoms with van der Waals surface area (Å²) in [7, 11) is 4.02. The number of fused-ring (bicyclic) bond motifs is 1. The third-order valence-electron chi connectivity index (χ3n) is 3.25. The van der Waals surface area contributed by atoms with E-state index in [2.05, 4.69) is 27.7 Å². The van der Waals surface area contributed by atoms with Gasteiger partial charge < -0.3 is 0 Å². The van der Waals surface area contributed by atoms with E-state index < -0.39 is 0 Å². The largest absolute Gasteiger partial charge is 0.0831 e. The van der Waals surface area contributed by atoms with E-state index in [1.807, 2.05) is 20.7 Å². The van der Waals surface area contributed by atoms with Gasteiger partial charge in [0.15, 0.2) is 0 Å². The molecule has 2 rings (SSSR count). The van der Waals surface area contributed by atoms with Crippen LogP contribution in [0, 0.1) is 0 Å². The Morgan fingerprint density at radius 2 is 1.23 bits per heavy atom. The second kappa shape index (κ2) is 2.83. The summed E-state index contributed by atoms with van der Waals surface area (Å²) in [6, 6.07) is 0. The molecule has 0 radical (unpaired) electrons. The van der Waals surface area contributed by atoms with Crippen LogP contribution in [0.1, 0.15) is 56.7 Å². The van der Waals surface area contributed by atoms with Gasteiger partial charge in [-0.15, -0.1) is 0 Å². The number of hydrogen-bond donors (Lipinski definition) is 0. The Morgan fingerprint density at radius 1 is 0.846 bits per heavy atom. The van der Waals surface area contributed by atoms with Gasteiger partial charge in [-0.1, -0.05) is 54.8 Å². The van der Waals surface area contributed by atoms with Crippen LogP contribution in [-0.2, 0) is 10.8 Å². The Hall–Kier alpha value is 0.180. The first-order valence-electron chi connectivity index (χ1n) is 5.03. The standard InChI is InChI=1S/C11H18S2/c1-10(2)6-5-7-11(3,4)9-8(10)12-13-9/h5-7H2,1-4H3. The van der Waals surface area contributed by atoms with Crippen LogP contribution in [0.15, 0.2) is 0 Å². The van der Waals surface area contributed by atoms with E-state index >= 15 is 0 Å². The summed E-state index contributed by atoms with van der Waals surface area (Å²) in [4.78, 5) is 3.36. The molecule has 1 heterocycles. The molecule has 0 nitrogen and oxygen atoms in total. The van der Waals surface area contributed by atoms with Crippen LogP contribution in [-0.4, -0.2) is 0 Å². The first kappa shape index (κ1) is 9.72. The van der Waals surface area contributed by atoms with Gasteiger partial charge in [-0.3, -0.25) is 0 Å². The van der Waals surface area contributed by atoms with Crippen LogP contribution in [0.2, 0.25) is 0 Å². The topological polar surface area (TPSA) is 0 Å². The van der Waals surface area contributed by atoms with Gasteiger partial charge in [0.1, 0.15) is 0 Å². The van der Waals surface area contributed by atoms with Crippen molar-refractivity contribution in [2.75, 3.05) is 0 Å². The van der Waals surface area contributed by atoms with Crippen LogP contribution in [0.4, 0.5) is 0 Å². The molecule has 0 aliphatic heterocycles. The fourth-order valence-corrected chi connectivity index (χ4v) is 5.73. The molecule has 1 aliphatic carbocycles. The zero-order valence-electron chi connectivity index (χ0n) is 8.94.